The van der Waals surface area contributed by atoms with Crippen LogP contribution in [-0.4, -0.2) is 44.2 Å². The molecule has 1 aromatic heterocycles. The highest BCUT2D eigenvalue weighted by Gasteiger charge is 2.29. The van der Waals surface area contributed by atoms with Crippen molar-refractivity contribution in [2.45, 2.75) is 12.8 Å². The molecule has 0 aromatic carbocycles. The maximum absolute atomic E-state index is 12.8. The number of nitrogens with one attached hydrogen (secondary N) is 1. The molecule has 1 N–H and O–H groups in total. The lowest BCUT2D eigenvalue weighted by Gasteiger charge is -2.29. The van der Waals surface area contributed by atoms with Gasteiger partial charge in [0.2, 0.25) is 15.9 Å². The Morgan fingerprint density at radius 3 is 2.95 bits per heavy atom. The van der Waals surface area contributed by atoms with E-state index in [1.54, 1.807) is 6.07 Å². The Morgan fingerprint density at radius 1 is 1.57 bits per heavy atom. The number of carbonyl (C=O) groups is 1. The summed E-state index contributed by atoms with van der Waals surface area (Å²) in [6.07, 6.45) is 3.77. The normalized spacial score (nSPS) is 20.8. The van der Waals surface area contributed by atoms with Gasteiger partial charge in [-0.1, -0.05) is 0 Å². The topological polar surface area (TPSA) is 78.8 Å². The summed E-state index contributed by atoms with van der Waals surface area (Å²) in [5, 5.41) is 3.45. The fraction of sp³-hybridized carbons (Fsp3) is 0.500. The lowest BCUT2D eigenvalue weighted by atomic mass is 9.99. The van der Waals surface area contributed by atoms with Crippen LogP contribution in [0.25, 0.3) is 0 Å². The molecular formula is C12H16FN3O3S2. The van der Waals surface area contributed by atoms with Gasteiger partial charge in [0.15, 0.2) is 5.13 Å². The minimum Gasteiger partial charge on any atom is -0.273 e. The maximum atomic E-state index is 12.8. The summed E-state index contributed by atoms with van der Waals surface area (Å²) in [4.78, 5) is 12.5. The number of thiophene rings is 1. The van der Waals surface area contributed by atoms with Gasteiger partial charge in [0.1, 0.15) is 0 Å². The van der Waals surface area contributed by atoms with E-state index in [-0.39, 0.29) is 17.6 Å². The first-order valence-corrected chi connectivity index (χ1v) is 9.06. The van der Waals surface area contributed by atoms with Gasteiger partial charge >= 0.3 is 0 Å². The predicted octanol–water partition coefficient (Wildman–Crippen LogP) is 1.01. The van der Waals surface area contributed by atoms with Crippen molar-refractivity contribution in [3.8, 4) is 0 Å². The number of nitrogens with zero attached hydrogens (tertiary/aromatic N) is 2. The largest absolute Gasteiger partial charge is 0.273 e. The molecule has 0 spiro atoms. The number of carbonyl (C=O) groups excluding carboxylic acids is 1. The summed E-state index contributed by atoms with van der Waals surface area (Å²) in [6.45, 7) is 0.619. The molecule has 116 valence electrons. The summed E-state index contributed by atoms with van der Waals surface area (Å²) < 4.78 is 37.0. The van der Waals surface area contributed by atoms with E-state index < -0.39 is 15.9 Å². The van der Waals surface area contributed by atoms with Crippen molar-refractivity contribution in [3.63, 3.8) is 0 Å². The Hall–Kier alpha value is -1.32. The molecule has 0 radical (unpaired) electrons. The fourth-order valence-corrected chi connectivity index (χ4v) is 3.62. The SMILES string of the molecule is CS(=O)(=O)N1CCC[C@@H](C(=O)N/N=C\c2ccc(F)s2)C1. The van der Waals surface area contributed by atoms with Gasteiger partial charge in [0.05, 0.1) is 23.3 Å². The third-order valence-electron chi connectivity index (χ3n) is 3.18. The summed E-state index contributed by atoms with van der Waals surface area (Å²) in [5.41, 5.74) is 2.38. The van der Waals surface area contributed by atoms with Gasteiger partial charge in [0, 0.05) is 13.1 Å². The molecule has 0 aliphatic carbocycles. The van der Waals surface area contributed by atoms with Crippen LogP contribution in [0, 0.1) is 11.0 Å². The zero-order chi connectivity index (χ0) is 15.5. The summed E-state index contributed by atoms with van der Waals surface area (Å²) in [6, 6.07) is 2.88. The Labute approximate surface area is 126 Å². The number of amides is 1. The predicted molar refractivity (Wildman–Crippen MR) is 79.2 cm³/mol. The molecule has 2 rings (SSSR count). The number of halogens is 1. The maximum Gasteiger partial charge on any atom is 0.244 e. The first-order chi connectivity index (χ1) is 9.86. The van der Waals surface area contributed by atoms with Gasteiger partial charge < -0.3 is 0 Å². The van der Waals surface area contributed by atoms with E-state index in [1.165, 1.54) is 16.6 Å². The Balaban J connectivity index is 1.89. The third-order valence-corrected chi connectivity index (χ3v) is 5.26. The van der Waals surface area contributed by atoms with Gasteiger partial charge in [-0.3, -0.25) is 4.79 Å². The Bertz CT molecular complexity index is 642. The average molecular weight is 333 g/mol. The van der Waals surface area contributed by atoms with Crippen LogP contribution in [-0.2, 0) is 14.8 Å². The van der Waals surface area contributed by atoms with E-state index >= 15 is 0 Å². The smallest absolute Gasteiger partial charge is 0.244 e. The minimum absolute atomic E-state index is 0.174. The van der Waals surface area contributed by atoms with Crippen LogP contribution in [0.15, 0.2) is 17.2 Å². The van der Waals surface area contributed by atoms with Crippen LogP contribution >= 0.6 is 11.3 Å². The van der Waals surface area contributed by atoms with Crippen LogP contribution in [0.4, 0.5) is 4.39 Å². The zero-order valence-electron chi connectivity index (χ0n) is 11.5. The van der Waals surface area contributed by atoms with Crippen molar-refractivity contribution >= 4 is 33.5 Å². The molecule has 1 fully saturated rings. The van der Waals surface area contributed by atoms with Crippen LogP contribution in [0.2, 0.25) is 0 Å². The van der Waals surface area contributed by atoms with Crippen molar-refractivity contribution in [3.05, 3.63) is 22.1 Å². The molecule has 9 heteroatoms. The average Bonchev–Trinajstić information content (AvgIpc) is 2.83. The molecule has 1 aliphatic rings. The zero-order valence-corrected chi connectivity index (χ0v) is 13.1. The molecule has 1 atom stereocenters. The Morgan fingerprint density at radius 2 is 2.33 bits per heavy atom. The van der Waals surface area contributed by atoms with Crippen molar-refractivity contribution in [1.82, 2.24) is 9.73 Å². The van der Waals surface area contributed by atoms with E-state index in [2.05, 4.69) is 10.5 Å². The highest BCUT2D eigenvalue weighted by atomic mass is 32.2. The van der Waals surface area contributed by atoms with Crippen molar-refractivity contribution in [2.24, 2.45) is 11.0 Å². The highest BCUT2D eigenvalue weighted by Crippen LogP contribution is 2.18. The number of rotatable bonds is 4. The standard InChI is InChI=1S/C12H16FN3O3S2/c1-21(18,19)16-6-2-3-9(8-16)12(17)15-14-7-10-4-5-11(13)20-10/h4-5,7,9H,2-3,6,8H2,1H3,(H,15,17)/b14-7-/t9-/m1/s1. The number of hydrogen-bond donors (Lipinski definition) is 1. The lowest BCUT2D eigenvalue weighted by Crippen LogP contribution is -2.44. The second-order valence-corrected chi connectivity index (χ2v) is 7.88. The second-order valence-electron chi connectivity index (χ2n) is 4.84. The third kappa shape index (κ3) is 4.58. The molecule has 1 aromatic rings. The monoisotopic (exact) mass is 333 g/mol. The molecule has 0 unspecified atom stereocenters. The molecule has 21 heavy (non-hydrogen) atoms. The molecule has 6 nitrogen and oxygen atoms in total. The van der Waals surface area contributed by atoms with Crippen molar-refractivity contribution in [2.75, 3.05) is 19.3 Å². The van der Waals surface area contributed by atoms with Gasteiger partial charge in [0.25, 0.3) is 0 Å². The van der Waals surface area contributed by atoms with Gasteiger partial charge in [-0.2, -0.15) is 9.49 Å². The van der Waals surface area contributed by atoms with Gasteiger partial charge in [-0.25, -0.2) is 18.1 Å². The first kappa shape index (κ1) is 16.1. The van der Waals surface area contributed by atoms with E-state index in [1.807, 2.05) is 0 Å². The fourth-order valence-electron chi connectivity index (χ4n) is 2.11. The molecule has 1 amide bonds. The number of piperidine rings is 1. The number of hydrogen-bond acceptors (Lipinski definition) is 5. The van der Waals surface area contributed by atoms with Gasteiger partial charge in [-0.05, 0) is 25.0 Å². The van der Waals surface area contributed by atoms with Crippen molar-refractivity contribution in [1.29, 1.82) is 0 Å². The van der Waals surface area contributed by atoms with Crippen molar-refractivity contribution < 1.29 is 17.6 Å². The molecule has 0 bridgehead atoms. The minimum atomic E-state index is -3.28. The lowest BCUT2D eigenvalue weighted by molar-refractivity contribution is -0.126. The quantitative estimate of drug-likeness (QED) is 0.660. The molecule has 0 saturated carbocycles. The van der Waals surface area contributed by atoms with Crippen LogP contribution < -0.4 is 5.43 Å². The van der Waals surface area contributed by atoms with Gasteiger partial charge in [-0.15, -0.1) is 11.3 Å². The number of sulfonamides is 1. The summed E-state index contributed by atoms with van der Waals surface area (Å²) in [5.74, 6) is -0.734. The summed E-state index contributed by atoms with van der Waals surface area (Å²) in [7, 11) is -3.28. The molecular weight excluding hydrogens is 317 g/mol. The van der Waals surface area contributed by atoms with E-state index in [0.717, 1.165) is 17.6 Å². The van der Waals surface area contributed by atoms with E-state index in [4.69, 9.17) is 0 Å². The van der Waals surface area contributed by atoms with Crippen LogP contribution in [0.1, 0.15) is 17.7 Å². The molecule has 2 heterocycles. The Kier molecular flexibility index (Phi) is 5.07. The van der Waals surface area contributed by atoms with E-state index in [9.17, 15) is 17.6 Å². The molecule has 1 saturated heterocycles. The second kappa shape index (κ2) is 6.63. The first-order valence-electron chi connectivity index (χ1n) is 6.39. The summed E-state index contributed by atoms with van der Waals surface area (Å²) >= 11 is 0.924. The molecule has 1 aliphatic heterocycles. The van der Waals surface area contributed by atoms with Crippen LogP contribution in [0.5, 0.6) is 0 Å². The van der Waals surface area contributed by atoms with E-state index in [0.29, 0.717) is 24.3 Å². The number of hydrazone groups is 1. The highest BCUT2D eigenvalue weighted by molar-refractivity contribution is 7.88. The van der Waals surface area contributed by atoms with Crippen LogP contribution in [0.3, 0.4) is 0 Å².